The molecule has 144 valence electrons. The lowest BCUT2D eigenvalue weighted by Gasteiger charge is -2.11. The molecule has 0 spiro atoms. The Balaban J connectivity index is 1.99. The molecule has 2 aromatic rings. The van der Waals surface area contributed by atoms with Gasteiger partial charge in [0.2, 0.25) is 0 Å². The fourth-order valence-electron chi connectivity index (χ4n) is 2.28. The van der Waals surface area contributed by atoms with Gasteiger partial charge in [0.05, 0.1) is 17.3 Å². The van der Waals surface area contributed by atoms with Crippen molar-refractivity contribution in [1.82, 2.24) is 5.43 Å². The summed E-state index contributed by atoms with van der Waals surface area (Å²) in [6.07, 6.45) is 1.45. The van der Waals surface area contributed by atoms with Crippen molar-refractivity contribution in [2.24, 2.45) is 5.10 Å². The molecule has 0 saturated carbocycles. The van der Waals surface area contributed by atoms with E-state index < -0.39 is 0 Å². The molecule has 0 heterocycles. The van der Waals surface area contributed by atoms with Crippen LogP contribution in [0.1, 0.15) is 23.6 Å². The first kappa shape index (κ1) is 21.2. The van der Waals surface area contributed by atoms with E-state index in [9.17, 15) is 9.90 Å². The molecular weight excluding hydrogens is 480 g/mol. The molecule has 0 aliphatic carbocycles. The van der Waals surface area contributed by atoms with Crippen molar-refractivity contribution < 1.29 is 19.4 Å². The van der Waals surface area contributed by atoms with Crippen LogP contribution in [0.3, 0.4) is 0 Å². The molecule has 2 N–H and O–H groups in total. The summed E-state index contributed by atoms with van der Waals surface area (Å²) in [6.45, 7) is 6.00. The number of phenols is 1. The van der Waals surface area contributed by atoms with Crippen LogP contribution < -0.4 is 14.9 Å². The quantitative estimate of drug-likeness (QED) is 0.435. The van der Waals surface area contributed by atoms with Crippen LogP contribution in [-0.2, 0) is 4.79 Å². The van der Waals surface area contributed by atoms with Gasteiger partial charge in [-0.25, -0.2) is 5.43 Å². The second-order valence-corrected chi connectivity index (χ2v) is 7.31. The van der Waals surface area contributed by atoms with E-state index in [0.717, 1.165) is 11.1 Å². The number of aromatic hydroxyl groups is 1. The van der Waals surface area contributed by atoms with Gasteiger partial charge in [-0.3, -0.25) is 4.79 Å². The first-order valence-corrected chi connectivity index (χ1v) is 9.77. The van der Waals surface area contributed by atoms with Crippen molar-refractivity contribution in [3.63, 3.8) is 0 Å². The first-order valence-electron chi connectivity index (χ1n) is 8.19. The zero-order valence-electron chi connectivity index (χ0n) is 15.2. The largest absolute Gasteiger partial charge is 0.503 e. The lowest BCUT2D eigenvalue weighted by molar-refractivity contribution is -0.123. The standard InChI is InChI=1S/C19H20Br2N2O4/c1-4-26-15-8-13(17(20)18(21)19(15)25)9-22-23-16(24)10-27-14-6-5-11(2)7-12(14)3/h5-9,25H,4,10H2,1-3H3,(H,23,24)/b22-9-. The molecule has 0 radical (unpaired) electrons. The Hall–Kier alpha value is -2.06. The Bertz CT molecular complexity index is 869. The molecule has 0 unspecified atom stereocenters. The predicted octanol–water partition coefficient (Wildman–Crippen LogP) is 4.46. The second kappa shape index (κ2) is 9.75. The van der Waals surface area contributed by atoms with E-state index in [1.54, 1.807) is 6.07 Å². The highest BCUT2D eigenvalue weighted by molar-refractivity contribution is 9.13. The van der Waals surface area contributed by atoms with E-state index in [0.29, 0.717) is 32.6 Å². The Labute approximate surface area is 174 Å². The van der Waals surface area contributed by atoms with Crippen molar-refractivity contribution in [3.8, 4) is 17.2 Å². The normalized spacial score (nSPS) is 10.9. The van der Waals surface area contributed by atoms with E-state index in [4.69, 9.17) is 9.47 Å². The number of hydrogen-bond donors (Lipinski definition) is 2. The molecule has 6 nitrogen and oxygen atoms in total. The smallest absolute Gasteiger partial charge is 0.277 e. The number of nitrogens with zero attached hydrogens (tertiary/aromatic N) is 1. The molecule has 2 rings (SSSR count). The van der Waals surface area contributed by atoms with Crippen LogP contribution in [0.2, 0.25) is 0 Å². The maximum Gasteiger partial charge on any atom is 0.277 e. The SMILES string of the molecule is CCOc1cc(/C=N\NC(=O)COc2ccc(C)cc2C)c(Br)c(Br)c1O. The van der Waals surface area contributed by atoms with E-state index in [1.807, 2.05) is 39.0 Å². The summed E-state index contributed by atoms with van der Waals surface area (Å²) in [5.41, 5.74) is 5.13. The van der Waals surface area contributed by atoms with Crippen molar-refractivity contribution >= 4 is 44.0 Å². The highest BCUT2D eigenvalue weighted by atomic mass is 79.9. The lowest BCUT2D eigenvalue weighted by atomic mass is 10.1. The molecule has 0 aromatic heterocycles. The van der Waals surface area contributed by atoms with Gasteiger partial charge < -0.3 is 14.6 Å². The predicted molar refractivity (Wildman–Crippen MR) is 112 cm³/mol. The highest BCUT2D eigenvalue weighted by Crippen LogP contribution is 2.41. The average Bonchev–Trinajstić information content (AvgIpc) is 2.63. The average molecular weight is 500 g/mol. The number of carbonyl (C=O) groups excluding carboxylic acids is 1. The van der Waals surface area contributed by atoms with Gasteiger partial charge in [0.15, 0.2) is 18.1 Å². The number of phenolic OH excluding ortho intramolecular Hbond substituents is 1. The Kier molecular flexibility index (Phi) is 7.67. The first-order chi connectivity index (χ1) is 12.8. The maximum atomic E-state index is 11.9. The van der Waals surface area contributed by atoms with Crippen LogP contribution in [0.5, 0.6) is 17.2 Å². The number of amides is 1. The third-order valence-corrected chi connectivity index (χ3v) is 5.71. The zero-order chi connectivity index (χ0) is 20.0. The molecule has 0 saturated heterocycles. The summed E-state index contributed by atoms with van der Waals surface area (Å²) in [6, 6.07) is 7.37. The summed E-state index contributed by atoms with van der Waals surface area (Å²) in [5, 5.41) is 14.0. The molecular formula is C19H20Br2N2O4. The third-order valence-electron chi connectivity index (χ3n) is 3.56. The van der Waals surface area contributed by atoms with Crippen LogP contribution in [0.15, 0.2) is 38.3 Å². The molecule has 0 aliphatic rings. The number of ether oxygens (including phenoxy) is 2. The van der Waals surface area contributed by atoms with Gasteiger partial charge in [0, 0.05) is 10.0 Å². The topological polar surface area (TPSA) is 80.2 Å². The molecule has 27 heavy (non-hydrogen) atoms. The number of halogens is 2. The minimum absolute atomic E-state index is 0.00761. The summed E-state index contributed by atoms with van der Waals surface area (Å²) in [4.78, 5) is 11.9. The molecule has 8 heteroatoms. The number of hydrazone groups is 1. The number of aryl methyl sites for hydroxylation is 2. The molecule has 0 bridgehead atoms. The summed E-state index contributed by atoms with van der Waals surface area (Å²) in [7, 11) is 0. The van der Waals surface area contributed by atoms with Gasteiger partial charge in [0.1, 0.15) is 5.75 Å². The van der Waals surface area contributed by atoms with E-state index in [2.05, 4.69) is 42.4 Å². The fourth-order valence-corrected chi connectivity index (χ4v) is 3.11. The fraction of sp³-hybridized carbons (Fsp3) is 0.263. The van der Waals surface area contributed by atoms with Gasteiger partial charge in [-0.15, -0.1) is 0 Å². The highest BCUT2D eigenvalue weighted by Gasteiger charge is 2.14. The van der Waals surface area contributed by atoms with Gasteiger partial charge in [-0.05, 0) is 70.3 Å². The Morgan fingerprint density at radius 1 is 1.19 bits per heavy atom. The summed E-state index contributed by atoms with van der Waals surface area (Å²) >= 11 is 6.66. The van der Waals surface area contributed by atoms with E-state index in [1.165, 1.54) is 6.21 Å². The van der Waals surface area contributed by atoms with Crippen LogP contribution in [0, 0.1) is 13.8 Å². The minimum atomic E-state index is -0.384. The van der Waals surface area contributed by atoms with Crippen molar-refractivity contribution in [3.05, 3.63) is 49.9 Å². The Morgan fingerprint density at radius 3 is 2.59 bits per heavy atom. The molecule has 0 aliphatic heterocycles. The van der Waals surface area contributed by atoms with Crippen LogP contribution in [-0.4, -0.2) is 30.4 Å². The molecule has 0 fully saturated rings. The monoisotopic (exact) mass is 498 g/mol. The van der Waals surface area contributed by atoms with Crippen LogP contribution in [0.4, 0.5) is 0 Å². The Morgan fingerprint density at radius 2 is 1.93 bits per heavy atom. The van der Waals surface area contributed by atoms with E-state index in [-0.39, 0.29) is 18.3 Å². The minimum Gasteiger partial charge on any atom is -0.503 e. The van der Waals surface area contributed by atoms with Crippen molar-refractivity contribution in [2.75, 3.05) is 13.2 Å². The zero-order valence-corrected chi connectivity index (χ0v) is 18.3. The van der Waals surface area contributed by atoms with Crippen LogP contribution in [0.25, 0.3) is 0 Å². The molecule has 2 aromatic carbocycles. The molecule has 0 atom stereocenters. The van der Waals surface area contributed by atoms with Crippen molar-refractivity contribution in [1.29, 1.82) is 0 Å². The molecule has 1 amide bonds. The van der Waals surface area contributed by atoms with Gasteiger partial charge >= 0.3 is 0 Å². The summed E-state index contributed by atoms with van der Waals surface area (Å²) in [5.74, 6) is 0.585. The second-order valence-electron chi connectivity index (χ2n) is 5.72. The number of hydrogen-bond acceptors (Lipinski definition) is 5. The number of rotatable bonds is 7. The maximum absolute atomic E-state index is 11.9. The van der Waals surface area contributed by atoms with Gasteiger partial charge in [0.25, 0.3) is 5.91 Å². The van der Waals surface area contributed by atoms with Gasteiger partial charge in [-0.2, -0.15) is 5.10 Å². The number of benzene rings is 2. The van der Waals surface area contributed by atoms with Crippen molar-refractivity contribution in [2.45, 2.75) is 20.8 Å². The number of carbonyl (C=O) groups is 1. The van der Waals surface area contributed by atoms with E-state index >= 15 is 0 Å². The summed E-state index contributed by atoms with van der Waals surface area (Å²) < 4.78 is 11.9. The third kappa shape index (κ3) is 5.71. The lowest BCUT2D eigenvalue weighted by Crippen LogP contribution is -2.24. The number of nitrogens with one attached hydrogen (secondary N) is 1. The van der Waals surface area contributed by atoms with Crippen LogP contribution >= 0.6 is 31.9 Å². The van der Waals surface area contributed by atoms with Gasteiger partial charge in [-0.1, -0.05) is 17.7 Å².